The van der Waals surface area contributed by atoms with E-state index in [0.29, 0.717) is 5.56 Å². The molecule has 0 saturated carbocycles. The van der Waals surface area contributed by atoms with Gasteiger partial charge in [-0.3, -0.25) is 9.78 Å². The normalized spacial score (nSPS) is 12.1. The molecule has 0 fully saturated rings. The fourth-order valence-corrected chi connectivity index (χ4v) is 2.05. The van der Waals surface area contributed by atoms with E-state index in [4.69, 9.17) is 5.73 Å². The number of pyridine rings is 1. The number of hydrogen-bond donors (Lipinski definition) is 2. The molecule has 0 spiro atoms. The molecule has 104 valence electrons. The van der Waals surface area contributed by atoms with E-state index in [1.165, 1.54) is 0 Å². The highest BCUT2D eigenvalue weighted by Crippen LogP contribution is 2.13. The van der Waals surface area contributed by atoms with Crippen molar-refractivity contribution in [3.8, 4) is 0 Å². The van der Waals surface area contributed by atoms with E-state index < -0.39 is 5.91 Å². The third kappa shape index (κ3) is 3.42. The number of benzene rings is 1. The van der Waals surface area contributed by atoms with Crippen LogP contribution in [0.5, 0.6) is 0 Å². The highest BCUT2D eigenvalue weighted by atomic mass is 16.1. The first-order chi connectivity index (χ1) is 9.58. The topological polar surface area (TPSA) is 68.0 Å². The molecule has 1 aromatic heterocycles. The maximum Gasteiger partial charge on any atom is 0.248 e. The van der Waals surface area contributed by atoms with E-state index in [1.54, 1.807) is 12.3 Å². The Hall–Kier alpha value is -2.20. The summed E-state index contributed by atoms with van der Waals surface area (Å²) in [4.78, 5) is 15.4. The van der Waals surface area contributed by atoms with E-state index in [1.807, 2.05) is 37.3 Å². The molecule has 20 heavy (non-hydrogen) atoms. The summed E-state index contributed by atoms with van der Waals surface area (Å²) in [6.45, 7) is 4.78. The summed E-state index contributed by atoms with van der Waals surface area (Å²) >= 11 is 0. The molecule has 0 aliphatic carbocycles. The molecule has 4 heteroatoms. The van der Waals surface area contributed by atoms with Gasteiger partial charge in [0.25, 0.3) is 0 Å². The van der Waals surface area contributed by atoms with Crippen molar-refractivity contribution < 1.29 is 4.79 Å². The number of hydrogen-bond acceptors (Lipinski definition) is 3. The predicted octanol–water partition coefficient (Wildman–Crippen LogP) is 2.34. The summed E-state index contributed by atoms with van der Waals surface area (Å²) in [5, 5.41) is 3.43. The van der Waals surface area contributed by atoms with E-state index in [-0.39, 0.29) is 6.04 Å². The fourth-order valence-electron chi connectivity index (χ4n) is 2.05. The van der Waals surface area contributed by atoms with E-state index in [9.17, 15) is 4.79 Å². The molecular weight excluding hydrogens is 250 g/mol. The van der Waals surface area contributed by atoms with Crippen LogP contribution in [0.2, 0.25) is 0 Å². The third-order valence-electron chi connectivity index (χ3n) is 3.36. The van der Waals surface area contributed by atoms with Gasteiger partial charge in [0.1, 0.15) is 0 Å². The number of nitrogens with two attached hydrogens (primary N) is 1. The van der Waals surface area contributed by atoms with Crippen LogP contribution in [0, 0.1) is 6.92 Å². The Morgan fingerprint density at radius 1 is 1.35 bits per heavy atom. The van der Waals surface area contributed by atoms with Crippen molar-refractivity contribution in [2.45, 2.75) is 26.4 Å². The number of amides is 1. The van der Waals surface area contributed by atoms with Gasteiger partial charge in [0.15, 0.2) is 0 Å². The van der Waals surface area contributed by atoms with Gasteiger partial charge < -0.3 is 11.1 Å². The van der Waals surface area contributed by atoms with Gasteiger partial charge in [-0.15, -0.1) is 0 Å². The molecule has 0 radical (unpaired) electrons. The summed E-state index contributed by atoms with van der Waals surface area (Å²) in [5.41, 5.74) is 9.03. The van der Waals surface area contributed by atoms with Crippen molar-refractivity contribution in [1.29, 1.82) is 0 Å². The lowest BCUT2D eigenvalue weighted by atomic mass is 10.0. The molecule has 1 aromatic carbocycles. The van der Waals surface area contributed by atoms with Crippen LogP contribution in [0.4, 0.5) is 0 Å². The minimum atomic E-state index is -0.394. The monoisotopic (exact) mass is 269 g/mol. The third-order valence-corrected chi connectivity index (χ3v) is 3.36. The number of carbonyl (C=O) groups excluding carboxylic acids is 1. The van der Waals surface area contributed by atoms with Crippen LogP contribution >= 0.6 is 0 Å². The van der Waals surface area contributed by atoms with Gasteiger partial charge in [-0.25, -0.2) is 0 Å². The van der Waals surface area contributed by atoms with Crippen LogP contribution in [0.1, 0.15) is 40.1 Å². The highest BCUT2D eigenvalue weighted by molar-refractivity contribution is 5.93. The number of aromatic nitrogens is 1. The maximum absolute atomic E-state index is 11.1. The Morgan fingerprint density at radius 3 is 2.75 bits per heavy atom. The van der Waals surface area contributed by atoms with Crippen molar-refractivity contribution >= 4 is 5.91 Å². The molecule has 1 heterocycles. The Balaban J connectivity index is 2.02. The predicted molar refractivity (Wildman–Crippen MR) is 79.2 cm³/mol. The zero-order valence-electron chi connectivity index (χ0n) is 11.8. The van der Waals surface area contributed by atoms with Crippen LogP contribution in [0.25, 0.3) is 0 Å². The van der Waals surface area contributed by atoms with E-state index in [2.05, 4.69) is 17.2 Å². The zero-order chi connectivity index (χ0) is 14.5. The van der Waals surface area contributed by atoms with Crippen LogP contribution in [-0.4, -0.2) is 10.9 Å². The molecule has 0 saturated heterocycles. The minimum absolute atomic E-state index is 0.173. The molecule has 0 bridgehead atoms. The standard InChI is InChI=1S/C16H19N3O/c1-11-9-13(16(17)20)6-7-14(11)10-19-12(2)15-5-3-4-8-18-15/h3-9,12,19H,10H2,1-2H3,(H2,17,20)/t12-/m0/s1. The number of rotatable bonds is 5. The quantitative estimate of drug-likeness (QED) is 0.875. The second-order valence-electron chi connectivity index (χ2n) is 4.86. The molecule has 1 atom stereocenters. The van der Waals surface area contributed by atoms with Gasteiger partial charge in [0.05, 0.1) is 5.69 Å². The Morgan fingerprint density at radius 2 is 2.15 bits per heavy atom. The largest absolute Gasteiger partial charge is 0.366 e. The summed E-state index contributed by atoms with van der Waals surface area (Å²) in [7, 11) is 0. The lowest BCUT2D eigenvalue weighted by molar-refractivity contribution is 0.1000. The van der Waals surface area contributed by atoms with E-state index in [0.717, 1.165) is 23.4 Å². The molecular formula is C16H19N3O. The van der Waals surface area contributed by atoms with Gasteiger partial charge in [0.2, 0.25) is 5.91 Å². The lowest BCUT2D eigenvalue weighted by Gasteiger charge is -2.14. The smallest absolute Gasteiger partial charge is 0.248 e. The Bertz CT molecular complexity index is 596. The SMILES string of the molecule is Cc1cc(C(N)=O)ccc1CN[C@@H](C)c1ccccn1. The maximum atomic E-state index is 11.1. The number of nitrogens with one attached hydrogen (secondary N) is 1. The van der Waals surface area contributed by atoms with Crippen molar-refractivity contribution in [2.75, 3.05) is 0 Å². The number of aryl methyl sites for hydroxylation is 1. The van der Waals surface area contributed by atoms with Crippen LogP contribution < -0.4 is 11.1 Å². The lowest BCUT2D eigenvalue weighted by Crippen LogP contribution is -2.20. The molecule has 0 aliphatic rings. The Kier molecular flexibility index (Phi) is 4.48. The van der Waals surface area contributed by atoms with Gasteiger partial charge in [-0.05, 0) is 49.2 Å². The van der Waals surface area contributed by atoms with Crippen molar-refractivity contribution in [1.82, 2.24) is 10.3 Å². The minimum Gasteiger partial charge on any atom is -0.366 e. The first-order valence-corrected chi connectivity index (χ1v) is 6.61. The molecule has 4 nitrogen and oxygen atoms in total. The molecule has 3 N–H and O–H groups in total. The van der Waals surface area contributed by atoms with Gasteiger partial charge >= 0.3 is 0 Å². The number of carbonyl (C=O) groups is 1. The summed E-state index contributed by atoms with van der Waals surface area (Å²) in [6.07, 6.45) is 1.79. The summed E-state index contributed by atoms with van der Waals surface area (Å²) in [6, 6.07) is 11.6. The van der Waals surface area contributed by atoms with Crippen LogP contribution in [-0.2, 0) is 6.54 Å². The van der Waals surface area contributed by atoms with Crippen molar-refractivity contribution in [2.24, 2.45) is 5.73 Å². The second-order valence-corrected chi connectivity index (χ2v) is 4.86. The fraction of sp³-hybridized carbons (Fsp3) is 0.250. The first-order valence-electron chi connectivity index (χ1n) is 6.61. The number of nitrogens with zero attached hydrogens (tertiary/aromatic N) is 1. The van der Waals surface area contributed by atoms with Crippen LogP contribution in [0.3, 0.4) is 0 Å². The van der Waals surface area contributed by atoms with Gasteiger partial charge in [0, 0.05) is 24.3 Å². The molecule has 1 amide bonds. The molecule has 0 aliphatic heterocycles. The zero-order valence-corrected chi connectivity index (χ0v) is 11.8. The van der Waals surface area contributed by atoms with Crippen molar-refractivity contribution in [3.05, 3.63) is 65.0 Å². The first kappa shape index (κ1) is 14.2. The van der Waals surface area contributed by atoms with Crippen molar-refractivity contribution in [3.63, 3.8) is 0 Å². The number of primary amides is 1. The van der Waals surface area contributed by atoms with Gasteiger partial charge in [-0.2, -0.15) is 0 Å². The van der Waals surface area contributed by atoms with Crippen LogP contribution in [0.15, 0.2) is 42.6 Å². The summed E-state index contributed by atoms with van der Waals surface area (Å²) in [5.74, 6) is -0.394. The van der Waals surface area contributed by atoms with Gasteiger partial charge in [-0.1, -0.05) is 12.1 Å². The Labute approximate surface area is 119 Å². The van der Waals surface area contributed by atoms with E-state index >= 15 is 0 Å². The summed E-state index contributed by atoms with van der Waals surface area (Å²) < 4.78 is 0. The molecule has 0 unspecified atom stereocenters. The highest BCUT2D eigenvalue weighted by Gasteiger charge is 2.08. The average Bonchev–Trinajstić information content (AvgIpc) is 2.46. The molecule has 2 aromatic rings. The average molecular weight is 269 g/mol. The molecule has 2 rings (SSSR count). The second kappa shape index (κ2) is 6.30.